The van der Waals surface area contributed by atoms with E-state index in [1.807, 2.05) is 50.3 Å². The van der Waals surface area contributed by atoms with Crippen LogP contribution in [0.3, 0.4) is 0 Å². The molecule has 0 spiro atoms. The Labute approximate surface area is 175 Å². The second kappa shape index (κ2) is 17.4. The molecule has 0 amide bonds. The Kier molecular flexibility index (Phi) is 15.8. The molecule has 0 fully saturated rings. The second-order valence-corrected chi connectivity index (χ2v) is 6.61. The van der Waals surface area contributed by atoms with Crippen LogP contribution in [0.2, 0.25) is 0 Å². The van der Waals surface area contributed by atoms with E-state index in [4.69, 9.17) is 5.11 Å². The van der Waals surface area contributed by atoms with Gasteiger partial charge in [0, 0.05) is 17.9 Å². The van der Waals surface area contributed by atoms with Gasteiger partial charge in [0.15, 0.2) is 0 Å². The van der Waals surface area contributed by atoms with Gasteiger partial charge in [0.25, 0.3) is 0 Å². The number of carbonyl (C=O) groups is 1. The zero-order chi connectivity index (χ0) is 21.9. The van der Waals surface area contributed by atoms with Gasteiger partial charge in [-0.25, -0.2) is 4.79 Å². The summed E-state index contributed by atoms with van der Waals surface area (Å²) in [4.78, 5) is 10.3. The van der Waals surface area contributed by atoms with Crippen LogP contribution in [0.25, 0.3) is 0 Å². The van der Waals surface area contributed by atoms with E-state index in [2.05, 4.69) is 6.58 Å². The molecule has 29 heavy (non-hydrogen) atoms. The Bertz CT molecular complexity index is 662. The summed E-state index contributed by atoms with van der Waals surface area (Å²) in [6.45, 7) is 7.35. The van der Waals surface area contributed by atoms with Gasteiger partial charge in [-0.3, -0.25) is 0 Å². The smallest absolute Gasteiger partial charge is 0.328 e. The van der Waals surface area contributed by atoms with Crippen LogP contribution in [0.5, 0.6) is 0 Å². The molecule has 158 valence electrons. The molecule has 4 atom stereocenters. The van der Waals surface area contributed by atoms with Crippen LogP contribution in [0, 0.1) is 11.8 Å². The summed E-state index contributed by atoms with van der Waals surface area (Å²) in [7, 11) is 0. The van der Waals surface area contributed by atoms with Crippen LogP contribution < -0.4 is 0 Å². The quantitative estimate of drug-likeness (QED) is 0.168. The van der Waals surface area contributed by atoms with Crippen molar-refractivity contribution in [2.45, 2.75) is 38.9 Å². The Morgan fingerprint density at radius 1 is 0.828 bits per heavy atom. The second-order valence-electron chi connectivity index (χ2n) is 6.61. The van der Waals surface area contributed by atoms with Crippen molar-refractivity contribution in [1.82, 2.24) is 0 Å². The summed E-state index contributed by atoms with van der Waals surface area (Å²) in [6.07, 6.45) is 26.7. The molecule has 0 bridgehead atoms. The first-order valence-electron chi connectivity index (χ1n) is 9.78. The molecule has 0 aromatic rings. The third kappa shape index (κ3) is 15.0. The summed E-state index contributed by atoms with van der Waals surface area (Å²) in [5.41, 5.74) is 0. The van der Waals surface area contributed by atoms with E-state index in [0.29, 0.717) is 0 Å². The van der Waals surface area contributed by atoms with Crippen LogP contribution >= 0.6 is 0 Å². The lowest BCUT2D eigenvalue weighted by Gasteiger charge is -2.25. The summed E-state index contributed by atoms with van der Waals surface area (Å²) < 4.78 is 0. The van der Waals surface area contributed by atoms with Gasteiger partial charge in [-0.15, -0.1) is 0 Å². The van der Waals surface area contributed by atoms with E-state index in [0.717, 1.165) is 18.9 Å². The number of unbranched alkanes of at least 4 members (excludes halogenated alkanes) is 1. The van der Waals surface area contributed by atoms with Gasteiger partial charge < -0.3 is 15.3 Å². The monoisotopic (exact) mass is 398 g/mol. The summed E-state index contributed by atoms with van der Waals surface area (Å²) in [5.74, 6) is -1.29. The maximum absolute atomic E-state index is 10.4. The first-order valence-corrected chi connectivity index (χ1v) is 9.78. The highest BCUT2D eigenvalue weighted by Crippen LogP contribution is 2.19. The molecular formula is C25H34O4. The predicted molar refractivity (Wildman–Crippen MR) is 121 cm³/mol. The lowest BCUT2D eigenvalue weighted by atomic mass is 9.88. The van der Waals surface area contributed by atoms with Crippen molar-refractivity contribution < 1.29 is 20.1 Å². The Hall–Kier alpha value is -2.69. The van der Waals surface area contributed by atoms with E-state index < -0.39 is 18.2 Å². The van der Waals surface area contributed by atoms with Crippen molar-refractivity contribution in [2.24, 2.45) is 11.8 Å². The highest BCUT2D eigenvalue weighted by Gasteiger charge is 2.24. The van der Waals surface area contributed by atoms with Gasteiger partial charge in [0.2, 0.25) is 0 Å². The van der Waals surface area contributed by atoms with Crippen molar-refractivity contribution in [1.29, 1.82) is 0 Å². The highest BCUT2D eigenvalue weighted by atomic mass is 16.4. The molecule has 4 unspecified atom stereocenters. The molecule has 0 aliphatic rings. The molecule has 4 heteroatoms. The fourth-order valence-electron chi connectivity index (χ4n) is 2.36. The van der Waals surface area contributed by atoms with Crippen molar-refractivity contribution in [3.8, 4) is 0 Å². The van der Waals surface area contributed by atoms with Gasteiger partial charge in [0.05, 0.1) is 12.2 Å². The van der Waals surface area contributed by atoms with Crippen LogP contribution in [0.15, 0.2) is 97.7 Å². The van der Waals surface area contributed by atoms with E-state index in [-0.39, 0.29) is 11.8 Å². The molecule has 0 aromatic carbocycles. The largest absolute Gasteiger partial charge is 0.478 e. The summed E-state index contributed by atoms with van der Waals surface area (Å²) in [5, 5.41) is 29.0. The number of aliphatic hydroxyl groups is 2. The van der Waals surface area contributed by atoms with E-state index in [1.54, 1.807) is 42.5 Å². The van der Waals surface area contributed by atoms with Gasteiger partial charge in [-0.1, -0.05) is 105 Å². The van der Waals surface area contributed by atoms with Crippen molar-refractivity contribution in [2.75, 3.05) is 0 Å². The van der Waals surface area contributed by atoms with Gasteiger partial charge in [-0.2, -0.15) is 0 Å². The average molecular weight is 399 g/mol. The minimum absolute atomic E-state index is 0.0513. The molecule has 0 saturated carbocycles. The molecular weight excluding hydrogens is 364 g/mol. The average Bonchev–Trinajstić information content (AvgIpc) is 2.70. The van der Waals surface area contributed by atoms with Crippen LogP contribution in [0.1, 0.15) is 26.7 Å². The summed E-state index contributed by atoms with van der Waals surface area (Å²) in [6, 6.07) is 0. The number of carboxylic acid groups (broad SMARTS) is 1. The van der Waals surface area contributed by atoms with Crippen molar-refractivity contribution >= 4 is 5.97 Å². The van der Waals surface area contributed by atoms with Crippen LogP contribution in [-0.4, -0.2) is 33.5 Å². The van der Waals surface area contributed by atoms with Crippen LogP contribution in [-0.2, 0) is 4.79 Å². The minimum Gasteiger partial charge on any atom is -0.478 e. The standard InChI is InChI=1S/C25H34O4/c1-4-5-6-16-19-23(26)22(3)25(29)21(2)18-15-13-11-9-7-8-10-12-14-17-20-24(27)28/h4-10,12,14-23,25-26,29H,1,11,13H2,2-3H3,(H,27,28)/b6-5+,9-7+,10-8+,14-12+,18-15+,19-16+,20-17+. The number of rotatable bonds is 14. The lowest BCUT2D eigenvalue weighted by Crippen LogP contribution is -2.32. The van der Waals surface area contributed by atoms with Crippen molar-refractivity contribution in [3.63, 3.8) is 0 Å². The van der Waals surface area contributed by atoms with E-state index in [9.17, 15) is 15.0 Å². The molecule has 4 nitrogen and oxygen atoms in total. The number of aliphatic carboxylic acids is 1. The highest BCUT2D eigenvalue weighted by molar-refractivity contribution is 5.80. The number of aliphatic hydroxyl groups excluding tert-OH is 2. The lowest BCUT2D eigenvalue weighted by molar-refractivity contribution is -0.131. The fraction of sp³-hybridized carbons (Fsp3) is 0.320. The van der Waals surface area contributed by atoms with Gasteiger partial charge in [0.1, 0.15) is 0 Å². The maximum Gasteiger partial charge on any atom is 0.328 e. The Morgan fingerprint density at radius 2 is 1.41 bits per heavy atom. The molecule has 3 N–H and O–H groups in total. The zero-order valence-corrected chi connectivity index (χ0v) is 17.3. The third-order valence-electron chi connectivity index (χ3n) is 4.15. The first-order chi connectivity index (χ1) is 13.9. The topological polar surface area (TPSA) is 77.8 Å². The number of allylic oxidation sites excluding steroid dienone is 12. The fourth-order valence-corrected chi connectivity index (χ4v) is 2.36. The van der Waals surface area contributed by atoms with E-state index in [1.165, 1.54) is 6.08 Å². The van der Waals surface area contributed by atoms with Gasteiger partial charge >= 0.3 is 5.97 Å². The molecule has 0 radical (unpaired) electrons. The molecule has 0 saturated heterocycles. The first kappa shape index (κ1) is 26.3. The molecule has 0 rings (SSSR count). The van der Waals surface area contributed by atoms with Crippen LogP contribution in [0.4, 0.5) is 0 Å². The third-order valence-corrected chi connectivity index (χ3v) is 4.15. The molecule has 0 heterocycles. The number of hydrogen-bond acceptors (Lipinski definition) is 3. The summed E-state index contributed by atoms with van der Waals surface area (Å²) >= 11 is 0. The van der Waals surface area contributed by atoms with Gasteiger partial charge in [-0.05, 0) is 12.8 Å². The molecule has 0 aliphatic carbocycles. The predicted octanol–water partition coefficient (Wildman–Crippen LogP) is 4.92. The van der Waals surface area contributed by atoms with Crippen molar-refractivity contribution in [3.05, 3.63) is 97.7 Å². The Balaban J connectivity index is 4.22. The Morgan fingerprint density at radius 3 is 2.07 bits per heavy atom. The molecule has 0 aliphatic heterocycles. The maximum atomic E-state index is 10.4. The molecule has 0 aromatic heterocycles. The minimum atomic E-state index is -0.965. The zero-order valence-electron chi connectivity index (χ0n) is 17.3. The SMILES string of the molecule is C=C/C=C/C=C/C(O)C(C)C(O)C(C)/C=C/CC/C=C/C=C/C=C/C=C/C(=O)O. The normalized spacial score (nSPS) is 17.5. The van der Waals surface area contributed by atoms with E-state index >= 15 is 0 Å². The number of carboxylic acids is 1. The number of hydrogen-bond donors (Lipinski definition) is 3.